The van der Waals surface area contributed by atoms with Gasteiger partial charge in [0, 0.05) is 45.1 Å². The van der Waals surface area contributed by atoms with Crippen molar-refractivity contribution >= 4 is 5.78 Å². The lowest BCUT2D eigenvalue weighted by Gasteiger charge is -2.59. The fourth-order valence-corrected chi connectivity index (χ4v) is 5.75. The Labute approximate surface area is 160 Å². The molecule has 0 aromatic rings. The summed E-state index contributed by atoms with van der Waals surface area (Å²) in [6.07, 6.45) is 6.45. The topological polar surface area (TPSA) is 88.5 Å². The van der Waals surface area contributed by atoms with Gasteiger partial charge in [-0.15, -0.1) is 0 Å². The van der Waals surface area contributed by atoms with Crippen LogP contribution in [0.4, 0.5) is 0 Å². The van der Waals surface area contributed by atoms with Crippen LogP contribution in [0.15, 0.2) is 0 Å². The molecule has 7 nitrogen and oxygen atoms in total. The van der Waals surface area contributed by atoms with Gasteiger partial charge in [0.05, 0.1) is 24.3 Å². The molecule has 7 heteroatoms. The van der Waals surface area contributed by atoms with E-state index in [0.717, 1.165) is 6.42 Å². The van der Waals surface area contributed by atoms with Crippen LogP contribution in [0.5, 0.6) is 0 Å². The van der Waals surface area contributed by atoms with Crippen molar-refractivity contribution in [3.8, 4) is 0 Å². The third-order valence-electron chi connectivity index (χ3n) is 7.29. The Morgan fingerprint density at radius 3 is 2.00 bits per heavy atom. The maximum Gasteiger partial charge on any atom is 0.168 e. The van der Waals surface area contributed by atoms with Gasteiger partial charge in [-0.3, -0.25) is 4.79 Å². The Hall–Kier alpha value is -0.570. The van der Waals surface area contributed by atoms with Crippen molar-refractivity contribution < 1.29 is 29.3 Å². The molecular formula is C20H33NO6. The first-order chi connectivity index (χ1) is 12.9. The summed E-state index contributed by atoms with van der Waals surface area (Å²) >= 11 is 0. The van der Waals surface area contributed by atoms with E-state index in [0.29, 0.717) is 84.0 Å². The minimum atomic E-state index is -1.13. The average Bonchev–Trinajstić information content (AvgIpc) is 2.66. The van der Waals surface area contributed by atoms with E-state index >= 15 is 0 Å². The Kier molecular flexibility index (Phi) is 5.15. The highest BCUT2D eigenvalue weighted by Crippen LogP contribution is 2.53. The maximum atomic E-state index is 12.7. The molecule has 0 bridgehead atoms. The normalized spacial score (nSPS) is 39.3. The van der Waals surface area contributed by atoms with Crippen molar-refractivity contribution in [2.75, 3.05) is 19.8 Å². The number of rotatable bonds is 2. The molecule has 3 spiro atoms. The van der Waals surface area contributed by atoms with Crippen LogP contribution in [0.1, 0.15) is 77.6 Å². The molecule has 2 heterocycles. The molecule has 0 amide bonds. The van der Waals surface area contributed by atoms with Crippen LogP contribution in [0.2, 0.25) is 0 Å². The van der Waals surface area contributed by atoms with Crippen LogP contribution < -0.4 is 0 Å². The first kappa shape index (κ1) is 19.7. The van der Waals surface area contributed by atoms with Crippen LogP contribution >= 0.6 is 0 Å². The molecular weight excluding hydrogens is 350 g/mol. The second-order valence-corrected chi connectivity index (χ2v) is 8.99. The molecule has 154 valence electrons. The zero-order valence-corrected chi connectivity index (χ0v) is 16.4. The van der Waals surface area contributed by atoms with Crippen LogP contribution in [-0.4, -0.2) is 63.6 Å². The maximum absolute atomic E-state index is 12.7. The lowest BCUT2D eigenvalue weighted by molar-refractivity contribution is -0.326. The summed E-state index contributed by atoms with van der Waals surface area (Å²) in [5.74, 6) is -1.45. The van der Waals surface area contributed by atoms with E-state index < -0.39 is 22.7 Å². The molecule has 27 heavy (non-hydrogen) atoms. The van der Waals surface area contributed by atoms with Crippen molar-refractivity contribution in [2.45, 2.75) is 100 Å². The number of ketones is 1. The molecule has 2 aliphatic heterocycles. The standard InChI is InChI=1S/C20H33NO6/c1-2-25-19(23)8-4-17(5-9-19)14-16(22)15-18(21(17)24)6-10-20(11-7-18)26-12-3-13-27-20/h23-24H,2-15H2,1H3. The minimum Gasteiger partial charge on any atom is -0.365 e. The second-order valence-electron chi connectivity index (χ2n) is 8.99. The summed E-state index contributed by atoms with van der Waals surface area (Å²) in [5, 5.41) is 23.4. The Bertz CT molecular complexity index is 555. The van der Waals surface area contributed by atoms with Gasteiger partial charge in [0.1, 0.15) is 5.78 Å². The molecule has 0 unspecified atom stereocenters. The van der Waals surface area contributed by atoms with Crippen molar-refractivity contribution in [1.29, 1.82) is 0 Å². The number of carbonyl (C=O) groups is 1. The SMILES string of the molecule is CCOC1(O)CCC2(CC1)CC(=O)CC1(CCC3(CC1)OCCCO3)N2O. The summed E-state index contributed by atoms with van der Waals surface area (Å²) in [6, 6.07) is 0. The first-order valence-electron chi connectivity index (χ1n) is 10.5. The summed E-state index contributed by atoms with van der Waals surface area (Å²) in [7, 11) is 0. The molecule has 0 aromatic carbocycles. The van der Waals surface area contributed by atoms with E-state index in [1.165, 1.54) is 5.06 Å². The fraction of sp³-hybridized carbons (Fsp3) is 0.950. The highest BCUT2D eigenvalue weighted by molar-refractivity contribution is 5.82. The lowest BCUT2D eigenvalue weighted by atomic mass is 9.65. The third kappa shape index (κ3) is 3.47. The van der Waals surface area contributed by atoms with Crippen molar-refractivity contribution in [3.05, 3.63) is 0 Å². The molecule has 0 radical (unpaired) electrons. The van der Waals surface area contributed by atoms with Crippen molar-refractivity contribution in [1.82, 2.24) is 5.06 Å². The van der Waals surface area contributed by atoms with E-state index in [4.69, 9.17) is 14.2 Å². The number of nitrogens with zero attached hydrogens (tertiary/aromatic N) is 1. The number of aliphatic hydroxyl groups is 1. The molecule has 2 N–H and O–H groups in total. The van der Waals surface area contributed by atoms with Crippen LogP contribution in [0.25, 0.3) is 0 Å². The molecule has 4 aliphatic rings. The van der Waals surface area contributed by atoms with Gasteiger partial charge in [0.2, 0.25) is 0 Å². The van der Waals surface area contributed by atoms with Crippen LogP contribution in [0.3, 0.4) is 0 Å². The largest absolute Gasteiger partial charge is 0.365 e. The monoisotopic (exact) mass is 383 g/mol. The molecule has 4 fully saturated rings. The van der Waals surface area contributed by atoms with Gasteiger partial charge in [0.15, 0.2) is 11.6 Å². The molecule has 4 rings (SSSR count). The molecule has 0 aromatic heterocycles. The van der Waals surface area contributed by atoms with Gasteiger partial charge in [-0.2, -0.15) is 5.06 Å². The van der Waals surface area contributed by atoms with Gasteiger partial charge in [-0.1, -0.05) is 0 Å². The van der Waals surface area contributed by atoms with Crippen molar-refractivity contribution in [3.63, 3.8) is 0 Å². The number of ether oxygens (including phenoxy) is 3. The van der Waals surface area contributed by atoms with Crippen LogP contribution in [-0.2, 0) is 19.0 Å². The zero-order chi connectivity index (χ0) is 19.2. The average molecular weight is 383 g/mol. The van der Waals surface area contributed by atoms with Crippen molar-refractivity contribution in [2.24, 2.45) is 0 Å². The van der Waals surface area contributed by atoms with Gasteiger partial charge < -0.3 is 24.5 Å². The smallest absolute Gasteiger partial charge is 0.168 e. The fourth-order valence-electron chi connectivity index (χ4n) is 5.75. The van der Waals surface area contributed by atoms with Gasteiger partial charge in [0.25, 0.3) is 0 Å². The Morgan fingerprint density at radius 2 is 1.48 bits per heavy atom. The number of hydroxylamine groups is 2. The quantitative estimate of drug-likeness (QED) is 0.708. The van der Waals surface area contributed by atoms with E-state index in [-0.39, 0.29) is 5.78 Å². The molecule has 0 atom stereocenters. The number of piperidine rings is 1. The van der Waals surface area contributed by atoms with Gasteiger partial charge >= 0.3 is 0 Å². The van der Waals surface area contributed by atoms with Gasteiger partial charge in [-0.25, -0.2) is 0 Å². The van der Waals surface area contributed by atoms with E-state index in [1.54, 1.807) is 0 Å². The van der Waals surface area contributed by atoms with E-state index in [2.05, 4.69) is 0 Å². The molecule has 2 aliphatic carbocycles. The summed E-state index contributed by atoms with van der Waals surface area (Å²) in [6.45, 7) is 3.76. The summed E-state index contributed by atoms with van der Waals surface area (Å²) in [4.78, 5) is 12.7. The number of hydrogen-bond donors (Lipinski definition) is 2. The third-order valence-corrected chi connectivity index (χ3v) is 7.29. The molecule has 2 saturated carbocycles. The highest BCUT2D eigenvalue weighted by atomic mass is 16.7. The van der Waals surface area contributed by atoms with Gasteiger partial charge in [-0.05, 0) is 39.0 Å². The number of hydrogen-bond acceptors (Lipinski definition) is 7. The number of carbonyl (C=O) groups excluding carboxylic acids is 1. The lowest BCUT2D eigenvalue weighted by Crippen LogP contribution is -2.68. The predicted molar refractivity (Wildman–Crippen MR) is 96.1 cm³/mol. The Balaban J connectivity index is 1.50. The second kappa shape index (κ2) is 7.04. The molecule has 2 saturated heterocycles. The van der Waals surface area contributed by atoms with Crippen LogP contribution in [0, 0.1) is 0 Å². The summed E-state index contributed by atoms with van der Waals surface area (Å²) < 4.78 is 17.4. The summed E-state index contributed by atoms with van der Waals surface area (Å²) in [5.41, 5.74) is -1.12. The zero-order valence-electron chi connectivity index (χ0n) is 16.4. The Morgan fingerprint density at radius 1 is 0.963 bits per heavy atom. The minimum absolute atomic E-state index is 0.212. The predicted octanol–water partition coefficient (Wildman–Crippen LogP) is 2.52. The van der Waals surface area contributed by atoms with E-state index in [9.17, 15) is 15.1 Å². The van der Waals surface area contributed by atoms with E-state index in [1.807, 2.05) is 6.92 Å². The first-order valence-corrected chi connectivity index (χ1v) is 10.5. The number of Topliss-reactive ketones (excluding diaryl/α,β-unsaturated/α-hetero) is 1. The highest BCUT2D eigenvalue weighted by Gasteiger charge is 2.59.